The first-order valence-corrected chi connectivity index (χ1v) is 12.7. The van der Waals surface area contributed by atoms with Crippen LogP contribution >= 0.6 is 31.9 Å². The number of alkyl halides is 2. The number of thiophene rings is 1. The van der Waals surface area contributed by atoms with Crippen molar-refractivity contribution in [2.24, 2.45) is 5.92 Å². The molecule has 10 heteroatoms. The second-order valence-electron chi connectivity index (χ2n) is 8.09. The molecule has 2 N–H and O–H groups in total. The minimum absolute atomic E-state index is 0.0296. The van der Waals surface area contributed by atoms with Crippen molar-refractivity contribution in [1.29, 1.82) is 0 Å². The molecule has 176 valence electrons. The van der Waals surface area contributed by atoms with Crippen molar-refractivity contribution in [3.8, 4) is 21.0 Å². The first-order valence-electron chi connectivity index (χ1n) is 10.4. The van der Waals surface area contributed by atoms with E-state index in [4.69, 9.17) is 4.98 Å². The summed E-state index contributed by atoms with van der Waals surface area (Å²) < 4.78 is 27.3. The molecule has 0 aliphatic heterocycles. The number of nitrogens with one attached hydrogen (secondary N) is 1. The van der Waals surface area contributed by atoms with Crippen molar-refractivity contribution < 1.29 is 18.7 Å². The third-order valence-corrected chi connectivity index (χ3v) is 7.38. The van der Waals surface area contributed by atoms with Gasteiger partial charge in [0.15, 0.2) is 5.13 Å². The van der Waals surface area contributed by atoms with Gasteiger partial charge in [0, 0.05) is 21.5 Å². The molecular weight excluding hydrogens is 495 g/mol. The van der Waals surface area contributed by atoms with E-state index in [1.165, 1.54) is 20.6 Å². The predicted molar refractivity (Wildman–Crippen MR) is 137 cm³/mol. The number of pyridine rings is 1. The molecule has 0 amide bonds. The molecule has 3 aromatic heterocycles. The van der Waals surface area contributed by atoms with Crippen molar-refractivity contribution in [2.75, 3.05) is 5.32 Å². The molecule has 5 nitrogen and oxygen atoms in total. The van der Waals surface area contributed by atoms with Gasteiger partial charge in [0.05, 0.1) is 10.6 Å². The Morgan fingerprint density at radius 3 is 2.50 bits per heavy atom. The zero-order chi connectivity index (χ0) is 24.5. The largest absolute Gasteiger partial charge is 0.478 e. The van der Waals surface area contributed by atoms with Crippen LogP contribution in [0.1, 0.15) is 34.6 Å². The molecule has 0 spiro atoms. The van der Waals surface area contributed by atoms with Crippen molar-refractivity contribution >= 4 is 48.8 Å². The summed E-state index contributed by atoms with van der Waals surface area (Å²) in [6, 6.07) is 15.1. The van der Waals surface area contributed by atoms with E-state index in [2.05, 4.69) is 42.3 Å². The van der Waals surface area contributed by atoms with Crippen LogP contribution in [-0.4, -0.2) is 21.0 Å². The Morgan fingerprint density at radius 1 is 1.15 bits per heavy atom. The number of anilines is 2. The molecule has 0 saturated heterocycles. The number of benzene rings is 1. The number of nitrogens with zero attached hydrogens (tertiary/aromatic N) is 2. The van der Waals surface area contributed by atoms with Gasteiger partial charge in [0.25, 0.3) is 5.66 Å². The summed E-state index contributed by atoms with van der Waals surface area (Å²) >= 11 is 3.05. The van der Waals surface area contributed by atoms with Crippen molar-refractivity contribution in [3.63, 3.8) is 0 Å². The minimum atomic E-state index is -3.27. The van der Waals surface area contributed by atoms with Crippen LogP contribution in [-0.2, 0) is 12.1 Å². The SMILES string of the molecule is CC(C)Cc1sc(Nc2ncc(C(F)(F)P)cc2C(=O)O)nc1-c1ccc(-c2ccccc2)s1. The lowest BCUT2D eigenvalue weighted by atomic mass is 10.1. The molecule has 3 heterocycles. The van der Waals surface area contributed by atoms with E-state index < -0.39 is 17.2 Å². The fraction of sp³-hybridized carbons (Fsp3) is 0.208. The molecule has 0 aliphatic rings. The summed E-state index contributed by atoms with van der Waals surface area (Å²) in [5.41, 5.74) is -2.15. The molecular formula is C24H22F2N3O2PS2. The van der Waals surface area contributed by atoms with Crippen molar-refractivity contribution in [3.05, 3.63) is 70.7 Å². The van der Waals surface area contributed by atoms with Gasteiger partial charge in [-0.2, -0.15) is 8.78 Å². The van der Waals surface area contributed by atoms with Gasteiger partial charge >= 0.3 is 5.97 Å². The molecule has 1 unspecified atom stereocenters. The van der Waals surface area contributed by atoms with Gasteiger partial charge in [-0.15, -0.1) is 22.7 Å². The molecule has 0 aliphatic carbocycles. The molecule has 0 saturated carbocycles. The number of halogens is 2. The number of hydrogen-bond acceptors (Lipinski definition) is 6. The van der Waals surface area contributed by atoms with Gasteiger partial charge in [-0.05, 0) is 36.1 Å². The maximum Gasteiger partial charge on any atom is 0.339 e. The molecule has 0 fully saturated rings. The number of hydrogen-bond donors (Lipinski definition) is 2. The van der Waals surface area contributed by atoms with Gasteiger partial charge < -0.3 is 10.4 Å². The fourth-order valence-electron chi connectivity index (χ4n) is 3.34. The maximum absolute atomic E-state index is 13.6. The van der Waals surface area contributed by atoms with Crippen LogP contribution < -0.4 is 5.32 Å². The molecule has 1 aromatic carbocycles. The van der Waals surface area contributed by atoms with Crippen molar-refractivity contribution in [1.82, 2.24) is 9.97 Å². The summed E-state index contributed by atoms with van der Waals surface area (Å²) in [6.45, 7) is 4.23. The second kappa shape index (κ2) is 9.86. The quantitative estimate of drug-likeness (QED) is 0.237. The smallest absolute Gasteiger partial charge is 0.339 e. The summed E-state index contributed by atoms with van der Waals surface area (Å²) in [4.78, 5) is 23.6. The van der Waals surface area contributed by atoms with Crippen LogP contribution in [0.25, 0.3) is 21.0 Å². The van der Waals surface area contributed by atoms with Gasteiger partial charge in [0.1, 0.15) is 11.4 Å². The second-order valence-corrected chi connectivity index (χ2v) is 11.0. The Labute approximate surface area is 206 Å². The molecule has 1 atom stereocenters. The highest BCUT2D eigenvalue weighted by Gasteiger charge is 2.28. The van der Waals surface area contributed by atoms with E-state index in [0.717, 1.165) is 44.6 Å². The van der Waals surface area contributed by atoms with Crippen LogP contribution in [0, 0.1) is 5.92 Å². The van der Waals surface area contributed by atoms with E-state index in [1.54, 1.807) is 11.3 Å². The first kappa shape index (κ1) is 24.4. The summed E-state index contributed by atoms with van der Waals surface area (Å²) in [5.74, 6) is -0.994. The summed E-state index contributed by atoms with van der Waals surface area (Å²) in [7, 11) is 1.39. The van der Waals surface area contributed by atoms with Crippen LogP contribution in [0.5, 0.6) is 0 Å². The molecule has 0 bridgehead atoms. The zero-order valence-electron chi connectivity index (χ0n) is 18.4. The Hall–Kier alpha value is -2.74. The average Bonchev–Trinajstić information content (AvgIpc) is 3.40. The van der Waals surface area contributed by atoms with Gasteiger partial charge in [-0.3, -0.25) is 0 Å². The van der Waals surface area contributed by atoms with E-state index in [9.17, 15) is 18.7 Å². The monoisotopic (exact) mass is 517 g/mol. The average molecular weight is 518 g/mol. The van der Waals surface area contributed by atoms with Gasteiger partial charge in [0.2, 0.25) is 0 Å². The molecule has 4 aromatic rings. The third-order valence-electron chi connectivity index (χ3n) is 4.92. The Kier molecular flexibility index (Phi) is 7.07. The van der Waals surface area contributed by atoms with Crippen LogP contribution in [0.2, 0.25) is 0 Å². The predicted octanol–water partition coefficient (Wildman–Crippen LogP) is 7.50. The number of carboxylic acid groups (broad SMARTS) is 1. The van der Waals surface area contributed by atoms with E-state index >= 15 is 0 Å². The van der Waals surface area contributed by atoms with Crippen molar-refractivity contribution in [2.45, 2.75) is 25.9 Å². The molecule has 34 heavy (non-hydrogen) atoms. The molecule has 0 radical (unpaired) electrons. The third kappa shape index (κ3) is 5.49. The number of rotatable bonds is 8. The highest BCUT2D eigenvalue weighted by Crippen LogP contribution is 2.41. The lowest BCUT2D eigenvalue weighted by Gasteiger charge is -2.12. The topological polar surface area (TPSA) is 75.1 Å². The van der Waals surface area contributed by atoms with E-state index in [1.807, 2.05) is 24.3 Å². The fourth-order valence-corrected chi connectivity index (χ4v) is 5.78. The Morgan fingerprint density at radius 2 is 1.85 bits per heavy atom. The van der Waals surface area contributed by atoms with Crippen LogP contribution in [0.4, 0.5) is 19.7 Å². The first-order chi connectivity index (χ1) is 16.1. The number of carbonyl (C=O) groups is 1. The number of thiazole rings is 1. The van der Waals surface area contributed by atoms with E-state index in [0.29, 0.717) is 11.0 Å². The number of aromatic carboxylic acids is 1. The Bertz CT molecular complexity index is 1320. The van der Waals surface area contributed by atoms with Gasteiger partial charge in [-0.25, -0.2) is 14.8 Å². The van der Waals surface area contributed by atoms with Gasteiger partial charge in [-0.1, -0.05) is 53.4 Å². The maximum atomic E-state index is 13.6. The van der Waals surface area contributed by atoms with Crippen LogP contribution in [0.15, 0.2) is 54.7 Å². The highest BCUT2D eigenvalue weighted by atomic mass is 32.1. The standard InChI is InChI=1S/C24H22F2N3O2PS2/c1-13(2)10-19-20(18-9-8-17(33-18)14-6-4-3-5-7-14)28-23(34-19)29-21-16(22(30)31)11-15(12-27-21)24(25,26)32/h3-9,11-13H,10,32H2,1-2H3,(H,30,31)(H,27,28,29). The Balaban J connectivity index is 1.70. The minimum Gasteiger partial charge on any atom is -0.478 e. The number of carboxylic acids is 1. The summed E-state index contributed by atoms with van der Waals surface area (Å²) in [5, 5.41) is 13.0. The van der Waals surface area contributed by atoms with Crippen LogP contribution in [0.3, 0.4) is 0 Å². The van der Waals surface area contributed by atoms with E-state index in [-0.39, 0.29) is 11.4 Å². The molecule has 4 rings (SSSR count). The zero-order valence-corrected chi connectivity index (χ0v) is 21.2. The normalized spacial score (nSPS) is 11.7. The lowest BCUT2D eigenvalue weighted by molar-refractivity contribution is 0.0696. The highest BCUT2D eigenvalue weighted by molar-refractivity contribution is 7.20. The number of aromatic nitrogens is 2. The lowest BCUT2D eigenvalue weighted by Crippen LogP contribution is -2.10. The summed E-state index contributed by atoms with van der Waals surface area (Å²) in [6.07, 6.45) is 1.77.